The van der Waals surface area contributed by atoms with Gasteiger partial charge in [-0.25, -0.2) is 0 Å². The molecule has 2 aromatic rings. The van der Waals surface area contributed by atoms with E-state index in [2.05, 4.69) is 0 Å². The van der Waals surface area contributed by atoms with Crippen molar-refractivity contribution in [3.05, 3.63) is 71.8 Å². The van der Waals surface area contributed by atoms with Crippen molar-refractivity contribution in [1.82, 2.24) is 0 Å². The molecule has 0 spiro atoms. The summed E-state index contributed by atoms with van der Waals surface area (Å²) in [5.41, 5.74) is 0.705. The Kier molecular flexibility index (Phi) is 4.62. The van der Waals surface area contributed by atoms with Crippen molar-refractivity contribution in [3.8, 4) is 0 Å². The van der Waals surface area contributed by atoms with Crippen molar-refractivity contribution in [2.75, 3.05) is 14.2 Å². The summed E-state index contributed by atoms with van der Waals surface area (Å²) in [4.78, 5) is 25.3. The predicted octanol–water partition coefficient (Wildman–Crippen LogP) is 2.74. The van der Waals surface area contributed by atoms with Crippen LogP contribution in [-0.4, -0.2) is 31.6 Å². The summed E-state index contributed by atoms with van der Waals surface area (Å²) in [6, 6.07) is 16.9. The monoisotopic (exact) mass is 284 g/mol. The molecule has 108 valence electrons. The summed E-state index contributed by atoms with van der Waals surface area (Å²) in [5, 5.41) is 0. The highest BCUT2D eigenvalue weighted by Crippen LogP contribution is 2.23. The second-order valence-corrected chi connectivity index (χ2v) is 4.42. The molecule has 0 heterocycles. The number of ether oxygens (including phenoxy) is 2. The summed E-state index contributed by atoms with van der Waals surface area (Å²) >= 11 is 0. The Morgan fingerprint density at radius 1 is 0.714 bits per heavy atom. The second-order valence-electron chi connectivity index (χ2n) is 4.42. The summed E-state index contributed by atoms with van der Waals surface area (Å²) in [7, 11) is 2.57. The Labute approximate surface area is 123 Å². The molecule has 0 aliphatic rings. The fourth-order valence-electron chi connectivity index (χ4n) is 2.12. The highest BCUT2D eigenvalue weighted by molar-refractivity contribution is 6.21. The van der Waals surface area contributed by atoms with Gasteiger partial charge in [-0.05, 0) is 0 Å². The lowest BCUT2D eigenvalue weighted by Gasteiger charge is -2.27. The number of benzene rings is 2. The fraction of sp³-hybridized carbons (Fsp3) is 0.176. The Bertz CT molecular complexity index is 562. The van der Waals surface area contributed by atoms with E-state index < -0.39 is 17.4 Å². The summed E-state index contributed by atoms with van der Waals surface area (Å²) in [6.07, 6.45) is 0. The molecule has 4 heteroatoms. The number of hydrogen-bond acceptors (Lipinski definition) is 4. The van der Waals surface area contributed by atoms with Crippen LogP contribution in [0.2, 0.25) is 0 Å². The molecular weight excluding hydrogens is 268 g/mol. The highest BCUT2D eigenvalue weighted by atomic mass is 16.7. The van der Waals surface area contributed by atoms with Gasteiger partial charge in [-0.3, -0.25) is 9.59 Å². The summed E-state index contributed by atoms with van der Waals surface area (Å²) in [5.74, 6) is -3.02. The van der Waals surface area contributed by atoms with Gasteiger partial charge in [0, 0.05) is 25.3 Å². The van der Waals surface area contributed by atoms with Crippen LogP contribution in [0.5, 0.6) is 0 Å². The molecule has 0 fully saturated rings. The average molecular weight is 284 g/mol. The Balaban J connectivity index is 2.46. The third-order valence-electron chi connectivity index (χ3n) is 3.24. The van der Waals surface area contributed by atoms with E-state index in [1.165, 1.54) is 14.2 Å². The first-order chi connectivity index (χ1) is 10.2. The first-order valence-electron chi connectivity index (χ1n) is 6.45. The van der Waals surface area contributed by atoms with Crippen LogP contribution in [0.25, 0.3) is 0 Å². The smallest absolute Gasteiger partial charge is 0.299 e. The average Bonchev–Trinajstić information content (AvgIpc) is 2.57. The third-order valence-corrected chi connectivity index (χ3v) is 3.24. The van der Waals surface area contributed by atoms with Crippen molar-refractivity contribution in [1.29, 1.82) is 0 Å². The van der Waals surface area contributed by atoms with Crippen LogP contribution in [-0.2, 0) is 9.47 Å². The van der Waals surface area contributed by atoms with E-state index in [0.29, 0.717) is 11.1 Å². The largest absolute Gasteiger partial charge is 0.341 e. The first-order valence-corrected chi connectivity index (χ1v) is 6.45. The number of hydrogen-bond donors (Lipinski definition) is 0. The van der Waals surface area contributed by atoms with Crippen molar-refractivity contribution in [2.24, 2.45) is 0 Å². The van der Waals surface area contributed by atoms with E-state index >= 15 is 0 Å². The number of methoxy groups -OCH3 is 2. The maximum absolute atomic E-state index is 12.7. The van der Waals surface area contributed by atoms with Crippen LogP contribution in [0.3, 0.4) is 0 Å². The van der Waals surface area contributed by atoms with Gasteiger partial charge >= 0.3 is 0 Å². The van der Waals surface area contributed by atoms with Crippen molar-refractivity contribution in [2.45, 2.75) is 5.79 Å². The number of Topliss-reactive ketones (excluding diaryl/α,β-unsaturated/α-hetero) is 2. The molecule has 0 bridgehead atoms. The van der Waals surface area contributed by atoms with E-state index in [1.807, 2.05) is 0 Å². The molecule has 0 saturated carbocycles. The maximum atomic E-state index is 12.7. The van der Waals surface area contributed by atoms with Gasteiger partial charge in [0.15, 0.2) is 0 Å². The number of rotatable bonds is 6. The zero-order valence-electron chi connectivity index (χ0n) is 11.9. The molecule has 0 atom stereocenters. The van der Waals surface area contributed by atoms with Gasteiger partial charge in [0.05, 0.1) is 0 Å². The number of ketones is 2. The molecule has 0 unspecified atom stereocenters. The van der Waals surface area contributed by atoms with E-state index in [9.17, 15) is 9.59 Å². The van der Waals surface area contributed by atoms with E-state index in [1.54, 1.807) is 60.7 Å². The van der Waals surface area contributed by atoms with Gasteiger partial charge < -0.3 is 9.47 Å². The van der Waals surface area contributed by atoms with E-state index in [0.717, 1.165) is 0 Å². The molecule has 0 aliphatic heterocycles. The van der Waals surface area contributed by atoms with Gasteiger partial charge in [-0.1, -0.05) is 60.7 Å². The minimum Gasteiger partial charge on any atom is -0.341 e. The molecule has 4 nitrogen and oxygen atoms in total. The lowest BCUT2D eigenvalue weighted by molar-refractivity contribution is -0.136. The van der Waals surface area contributed by atoms with Crippen molar-refractivity contribution < 1.29 is 19.1 Å². The maximum Gasteiger partial charge on any atom is 0.299 e. The third kappa shape index (κ3) is 2.77. The molecule has 0 saturated heterocycles. The molecule has 0 amide bonds. The van der Waals surface area contributed by atoms with Gasteiger partial charge in [-0.2, -0.15) is 0 Å². The standard InChI is InChI=1S/C17H16O4/c1-20-17(21-2,15(18)13-9-5-3-6-10-13)16(19)14-11-7-4-8-12-14/h3-12H,1-2H3. The molecule has 2 rings (SSSR count). The van der Waals surface area contributed by atoms with E-state index in [-0.39, 0.29) is 0 Å². The van der Waals surface area contributed by atoms with Gasteiger partial charge in [0.1, 0.15) is 0 Å². The zero-order chi connectivity index (χ0) is 15.3. The lowest BCUT2D eigenvalue weighted by Crippen LogP contribution is -2.50. The van der Waals surface area contributed by atoms with E-state index in [4.69, 9.17) is 9.47 Å². The lowest BCUT2D eigenvalue weighted by atomic mass is 9.95. The Morgan fingerprint density at radius 3 is 1.33 bits per heavy atom. The van der Waals surface area contributed by atoms with Gasteiger partial charge in [-0.15, -0.1) is 0 Å². The quantitative estimate of drug-likeness (QED) is 0.465. The predicted molar refractivity (Wildman–Crippen MR) is 78.3 cm³/mol. The molecule has 0 N–H and O–H groups in total. The Morgan fingerprint density at radius 2 is 1.05 bits per heavy atom. The fourth-order valence-corrected chi connectivity index (χ4v) is 2.12. The highest BCUT2D eigenvalue weighted by Gasteiger charge is 2.47. The number of carbonyl (C=O) groups excluding carboxylic acids is 2. The Hall–Kier alpha value is -2.30. The van der Waals surface area contributed by atoms with Crippen LogP contribution in [0.1, 0.15) is 20.7 Å². The molecule has 21 heavy (non-hydrogen) atoms. The summed E-state index contributed by atoms with van der Waals surface area (Å²) < 4.78 is 10.4. The van der Waals surface area contributed by atoms with Gasteiger partial charge in [0.25, 0.3) is 5.79 Å². The molecule has 0 radical (unpaired) electrons. The zero-order valence-corrected chi connectivity index (χ0v) is 11.9. The molecular formula is C17H16O4. The van der Waals surface area contributed by atoms with Crippen molar-refractivity contribution in [3.63, 3.8) is 0 Å². The minimum atomic E-state index is -1.97. The topological polar surface area (TPSA) is 52.6 Å². The number of carbonyl (C=O) groups is 2. The van der Waals surface area contributed by atoms with Crippen LogP contribution < -0.4 is 0 Å². The van der Waals surface area contributed by atoms with Gasteiger partial charge in [0.2, 0.25) is 11.6 Å². The van der Waals surface area contributed by atoms with Crippen molar-refractivity contribution >= 4 is 11.6 Å². The molecule has 2 aromatic carbocycles. The van der Waals surface area contributed by atoms with Crippen LogP contribution in [0, 0.1) is 0 Å². The first kappa shape index (κ1) is 15.1. The minimum absolute atomic E-state index is 0.352. The van der Waals surface area contributed by atoms with Crippen LogP contribution >= 0.6 is 0 Å². The molecule has 0 aliphatic carbocycles. The molecule has 0 aromatic heterocycles. The normalized spacial score (nSPS) is 11.1. The second kappa shape index (κ2) is 6.43. The SMILES string of the molecule is COC(OC)(C(=O)c1ccccc1)C(=O)c1ccccc1. The van der Waals surface area contributed by atoms with Crippen LogP contribution in [0.4, 0.5) is 0 Å². The summed E-state index contributed by atoms with van der Waals surface area (Å²) in [6.45, 7) is 0. The van der Waals surface area contributed by atoms with Crippen LogP contribution in [0.15, 0.2) is 60.7 Å².